The summed E-state index contributed by atoms with van der Waals surface area (Å²) >= 11 is 1.35. The summed E-state index contributed by atoms with van der Waals surface area (Å²) in [4.78, 5) is 13.9. The Labute approximate surface area is 195 Å². The number of sulfonamides is 1. The van der Waals surface area contributed by atoms with Crippen molar-refractivity contribution in [2.75, 3.05) is 12.4 Å². The van der Waals surface area contributed by atoms with E-state index in [-0.39, 0.29) is 33.1 Å². The molecule has 0 bridgehead atoms. The van der Waals surface area contributed by atoms with Gasteiger partial charge in [0.05, 0.1) is 17.7 Å². The van der Waals surface area contributed by atoms with Crippen LogP contribution in [0, 0.1) is 5.41 Å². The van der Waals surface area contributed by atoms with Crippen molar-refractivity contribution in [1.82, 2.24) is 9.78 Å². The van der Waals surface area contributed by atoms with Crippen molar-refractivity contribution in [3.8, 4) is 22.1 Å². The number of anilines is 1. The Morgan fingerprint density at radius 2 is 2.00 bits per heavy atom. The topological polar surface area (TPSA) is 123 Å². The van der Waals surface area contributed by atoms with Crippen LogP contribution in [0.5, 0.6) is 11.5 Å². The highest BCUT2D eigenvalue weighted by Crippen LogP contribution is 2.36. The summed E-state index contributed by atoms with van der Waals surface area (Å²) in [5, 5.41) is 20.1. The monoisotopic (exact) mass is 488 g/mol. The van der Waals surface area contributed by atoms with Crippen LogP contribution >= 0.6 is 11.3 Å². The molecule has 11 heteroatoms. The highest BCUT2D eigenvalue weighted by Gasteiger charge is 2.31. The number of methoxy groups -OCH3 is 1. The van der Waals surface area contributed by atoms with Gasteiger partial charge in [-0.05, 0) is 35.4 Å². The molecule has 4 rings (SSSR count). The number of hydrogen-bond acceptors (Lipinski definition) is 8. The molecule has 0 unspecified atom stereocenters. The molecule has 0 saturated carbocycles. The van der Waals surface area contributed by atoms with E-state index in [0.717, 1.165) is 0 Å². The summed E-state index contributed by atoms with van der Waals surface area (Å²) < 4.78 is 36.0. The Balaban J connectivity index is 1.91. The highest BCUT2D eigenvalue weighted by atomic mass is 32.2. The Morgan fingerprint density at radius 1 is 1.24 bits per heavy atom. The number of nitrogens with one attached hydrogen (secondary N) is 1. The molecule has 9 nitrogen and oxygen atoms in total. The first-order chi connectivity index (χ1) is 15.5. The van der Waals surface area contributed by atoms with E-state index in [2.05, 4.69) is 14.8 Å². The number of ether oxygens (including phenoxy) is 1. The van der Waals surface area contributed by atoms with Gasteiger partial charge < -0.3 is 15.2 Å². The number of rotatable bonds is 5. The number of nitrogens with zero attached hydrogens (tertiary/aromatic N) is 3. The van der Waals surface area contributed by atoms with Crippen molar-refractivity contribution in [2.24, 2.45) is 9.81 Å². The molecule has 0 saturated heterocycles. The van der Waals surface area contributed by atoms with Gasteiger partial charge in [0.15, 0.2) is 11.6 Å². The Hall–Kier alpha value is -3.18. The molecule has 0 aliphatic carbocycles. The predicted octanol–water partition coefficient (Wildman–Crippen LogP) is 3.68. The number of aromatic nitrogens is 2. The van der Waals surface area contributed by atoms with Crippen molar-refractivity contribution < 1.29 is 18.3 Å². The quantitative estimate of drug-likeness (QED) is 0.561. The summed E-state index contributed by atoms with van der Waals surface area (Å²) in [6, 6.07) is 8.04. The number of benzene rings is 1. The third-order valence-electron chi connectivity index (χ3n) is 5.13. The van der Waals surface area contributed by atoms with Crippen molar-refractivity contribution in [2.45, 2.75) is 38.6 Å². The molecule has 174 valence electrons. The van der Waals surface area contributed by atoms with E-state index < -0.39 is 21.3 Å². The minimum Gasteiger partial charge on any atom is -0.505 e. The normalized spacial score (nSPS) is 14.8. The molecule has 1 aliphatic heterocycles. The summed E-state index contributed by atoms with van der Waals surface area (Å²) in [6.45, 7) is 6.43. The van der Waals surface area contributed by atoms with Gasteiger partial charge in [-0.3, -0.25) is 4.79 Å². The molecule has 0 fully saturated rings. The highest BCUT2D eigenvalue weighted by molar-refractivity contribution is 7.90. The van der Waals surface area contributed by atoms with Gasteiger partial charge in [-0.1, -0.05) is 26.8 Å². The number of hydrogen-bond donors (Lipinski definition) is 2. The van der Waals surface area contributed by atoms with E-state index in [9.17, 15) is 18.3 Å². The lowest BCUT2D eigenvalue weighted by atomic mass is 9.92. The third kappa shape index (κ3) is 4.51. The number of thiophene rings is 1. The second-order valence-electron chi connectivity index (χ2n) is 8.79. The number of amidine groups is 1. The van der Waals surface area contributed by atoms with Crippen molar-refractivity contribution in [3.05, 3.63) is 51.6 Å². The van der Waals surface area contributed by atoms with E-state index in [1.54, 1.807) is 18.2 Å². The zero-order chi connectivity index (χ0) is 24.0. The predicted molar refractivity (Wildman–Crippen MR) is 128 cm³/mol. The smallest absolute Gasteiger partial charge is 0.286 e. The fourth-order valence-electron chi connectivity index (χ4n) is 3.32. The van der Waals surface area contributed by atoms with Crippen LogP contribution in [0.2, 0.25) is 0 Å². The van der Waals surface area contributed by atoms with Crippen molar-refractivity contribution in [1.29, 1.82) is 0 Å². The third-order valence-corrected chi connectivity index (χ3v) is 7.32. The van der Waals surface area contributed by atoms with Gasteiger partial charge in [-0.2, -0.15) is 13.5 Å². The first-order valence-corrected chi connectivity index (χ1v) is 12.5. The first-order valence-electron chi connectivity index (χ1n) is 10.2. The summed E-state index contributed by atoms with van der Waals surface area (Å²) in [5.74, 6) is -0.318. The van der Waals surface area contributed by atoms with Crippen molar-refractivity contribution >= 4 is 32.9 Å². The van der Waals surface area contributed by atoms with E-state index in [0.29, 0.717) is 23.6 Å². The SMILES string of the molecule is COc1ccc2c(c1)S(=O)(=O)N=C(c1c(O)c(-c3cccs3)nn(CCC(C)(C)C)c1=O)N2. The number of aryl methyl sites for hydroxylation is 1. The van der Waals surface area contributed by atoms with Crippen LogP contribution in [0.4, 0.5) is 5.69 Å². The van der Waals surface area contributed by atoms with Crippen LogP contribution in [0.3, 0.4) is 0 Å². The van der Waals surface area contributed by atoms with Crippen LogP contribution in [-0.2, 0) is 16.6 Å². The van der Waals surface area contributed by atoms with Crippen LogP contribution in [-0.4, -0.2) is 36.3 Å². The number of fused-ring (bicyclic) bond motifs is 1. The van der Waals surface area contributed by atoms with Gasteiger partial charge in [0, 0.05) is 12.6 Å². The van der Waals surface area contributed by atoms with Gasteiger partial charge >= 0.3 is 0 Å². The van der Waals surface area contributed by atoms with E-state index >= 15 is 0 Å². The number of aromatic hydroxyl groups is 1. The minimum atomic E-state index is -4.15. The summed E-state index contributed by atoms with van der Waals surface area (Å²) in [7, 11) is -2.72. The fourth-order valence-corrected chi connectivity index (χ4v) is 5.17. The van der Waals surface area contributed by atoms with E-state index in [1.165, 1.54) is 35.3 Å². The molecular formula is C22H24N4O5S2. The Bertz CT molecular complexity index is 1400. The molecule has 33 heavy (non-hydrogen) atoms. The molecule has 0 radical (unpaired) electrons. The molecule has 0 atom stereocenters. The van der Waals surface area contributed by atoms with Gasteiger partial charge in [0.2, 0.25) is 0 Å². The lowest BCUT2D eigenvalue weighted by molar-refractivity contribution is 0.335. The second-order valence-corrected chi connectivity index (χ2v) is 11.3. The minimum absolute atomic E-state index is 0.0653. The maximum Gasteiger partial charge on any atom is 0.286 e. The fraction of sp³-hybridized carbons (Fsp3) is 0.318. The molecule has 0 spiro atoms. The first kappa shape index (κ1) is 23.0. The lowest BCUT2D eigenvalue weighted by Crippen LogP contribution is -2.34. The zero-order valence-corrected chi connectivity index (χ0v) is 20.2. The molecular weight excluding hydrogens is 464 g/mol. The maximum atomic E-state index is 13.4. The molecule has 2 N–H and O–H groups in total. The largest absolute Gasteiger partial charge is 0.505 e. The van der Waals surface area contributed by atoms with Gasteiger partial charge in [-0.15, -0.1) is 15.7 Å². The van der Waals surface area contributed by atoms with Crippen LogP contribution < -0.4 is 15.6 Å². The van der Waals surface area contributed by atoms with Gasteiger partial charge in [-0.25, -0.2) is 4.68 Å². The van der Waals surface area contributed by atoms with Crippen LogP contribution in [0.25, 0.3) is 10.6 Å². The Kier molecular flexibility index (Phi) is 5.79. The maximum absolute atomic E-state index is 13.4. The van der Waals surface area contributed by atoms with E-state index in [1.807, 2.05) is 26.2 Å². The molecule has 3 aromatic rings. The average Bonchev–Trinajstić information content (AvgIpc) is 3.26. The summed E-state index contributed by atoms with van der Waals surface area (Å²) in [6.07, 6.45) is 0.648. The Morgan fingerprint density at radius 3 is 2.64 bits per heavy atom. The molecule has 3 heterocycles. The summed E-state index contributed by atoms with van der Waals surface area (Å²) in [5.41, 5.74) is -0.515. The lowest BCUT2D eigenvalue weighted by Gasteiger charge is -2.21. The van der Waals surface area contributed by atoms with Crippen LogP contribution in [0.15, 0.2) is 49.8 Å². The standard InChI is InChI=1S/C22H24N4O5S2/c1-22(2,3)9-10-26-21(28)17(19(27)18(24-26)15-6-5-11-32-15)20-23-14-8-7-13(31-4)12-16(14)33(29,30)25-20/h5-8,11-12,27H,9-10H2,1-4H3,(H,23,25). The molecule has 2 aromatic heterocycles. The van der Waals surface area contributed by atoms with Gasteiger partial charge in [0.25, 0.3) is 15.6 Å². The molecule has 0 amide bonds. The zero-order valence-electron chi connectivity index (χ0n) is 18.6. The molecule has 1 aliphatic rings. The van der Waals surface area contributed by atoms with E-state index in [4.69, 9.17) is 4.74 Å². The average molecular weight is 489 g/mol. The van der Waals surface area contributed by atoms with Crippen LogP contribution in [0.1, 0.15) is 32.8 Å². The second kappa shape index (κ2) is 8.31. The molecule has 1 aromatic carbocycles. The van der Waals surface area contributed by atoms with Gasteiger partial charge in [0.1, 0.15) is 21.9 Å². The van der Waals surface area contributed by atoms with Crippen molar-refractivity contribution in [3.63, 3.8) is 0 Å².